The summed E-state index contributed by atoms with van der Waals surface area (Å²) in [5.74, 6) is 1.49. The van der Waals surface area contributed by atoms with Crippen molar-refractivity contribution < 1.29 is 4.79 Å². The molecule has 0 spiro atoms. The molecule has 0 saturated carbocycles. The Hall–Kier alpha value is -3.06. The van der Waals surface area contributed by atoms with Gasteiger partial charge in [0.15, 0.2) is 0 Å². The van der Waals surface area contributed by atoms with Crippen molar-refractivity contribution in [1.29, 1.82) is 0 Å². The molecular formula is C30H33ClN4OS. The summed E-state index contributed by atoms with van der Waals surface area (Å²) < 4.78 is 2.50. The highest BCUT2D eigenvalue weighted by molar-refractivity contribution is 8.16. The van der Waals surface area contributed by atoms with Gasteiger partial charge in [-0.1, -0.05) is 65.3 Å². The van der Waals surface area contributed by atoms with Crippen LogP contribution in [0.4, 0.5) is 5.69 Å². The molecule has 3 heterocycles. The molecule has 1 unspecified atom stereocenters. The van der Waals surface area contributed by atoms with E-state index in [9.17, 15) is 4.79 Å². The van der Waals surface area contributed by atoms with Gasteiger partial charge in [-0.3, -0.25) is 14.0 Å². The second-order valence-electron chi connectivity index (χ2n) is 9.48. The first kappa shape index (κ1) is 25.6. The van der Waals surface area contributed by atoms with E-state index in [1.54, 1.807) is 0 Å². The Morgan fingerprint density at radius 3 is 2.16 bits per heavy atom. The van der Waals surface area contributed by atoms with Crippen LogP contribution in [0.5, 0.6) is 0 Å². The number of para-hydroxylation sites is 1. The van der Waals surface area contributed by atoms with E-state index in [2.05, 4.69) is 92.3 Å². The van der Waals surface area contributed by atoms with Gasteiger partial charge in [0.2, 0.25) is 0 Å². The molecular weight excluding hydrogens is 500 g/mol. The molecule has 1 atom stereocenters. The van der Waals surface area contributed by atoms with E-state index in [4.69, 9.17) is 0 Å². The molecule has 192 valence electrons. The van der Waals surface area contributed by atoms with Crippen molar-refractivity contribution in [3.05, 3.63) is 108 Å². The third-order valence-corrected chi connectivity index (χ3v) is 9.16. The molecule has 3 aromatic carbocycles. The number of piperazine rings is 1. The summed E-state index contributed by atoms with van der Waals surface area (Å²) in [4.78, 5) is 21.1. The third-order valence-electron chi connectivity index (χ3n) is 7.22. The van der Waals surface area contributed by atoms with Gasteiger partial charge >= 0.3 is 0 Å². The van der Waals surface area contributed by atoms with Crippen molar-refractivity contribution in [2.45, 2.75) is 17.9 Å². The fourth-order valence-corrected chi connectivity index (χ4v) is 7.23. The minimum absolute atomic E-state index is 0. The molecule has 37 heavy (non-hydrogen) atoms. The molecule has 0 aliphatic carbocycles. The number of rotatable bonds is 7. The average molecular weight is 533 g/mol. The number of halogens is 1. The van der Waals surface area contributed by atoms with Crippen LogP contribution in [0.3, 0.4) is 0 Å². The quantitative estimate of drug-likeness (QED) is 0.377. The zero-order valence-electron chi connectivity index (χ0n) is 20.9. The molecule has 7 heteroatoms. The van der Waals surface area contributed by atoms with Crippen molar-refractivity contribution in [2.24, 2.45) is 0 Å². The van der Waals surface area contributed by atoms with Crippen LogP contribution in [0.15, 0.2) is 102 Å². The highest BCUT2D eigenvalue weighted by Gasteiger charge is 2.29. The van der Waals surface area contributed by atoms with E-state index in [-0.39, 0.29) is 29.0 Å². The zero-order chi connectivity index (χ0) is 24.3. The Morgan fingerprint density at radius 1 is 0.757 bits per heavy atom. The molecule has 1 saturated heterocycles. The lowest BCUT2D eigenvalue weighted by Crippen LogP contribution is -2.48. The number of nitrogens with zero attached hydrogens (tertiary/aromatic N) is 4. The van der Waals surface area contributed by atoms with Crippen LogP contribution in [0.2, 0.25) is 0 Å². The summed E-state index contributed by atoms with van der Waals surface area (Å²) in [6.45, 7) is 6.75. The summed E-state index contributed by atoms with van der Waals surface area (Å²) in [5.41, 5.74) is 3.28. The van der Waals surface area contributed by atoms with Crippen LogP contribution < -0.4 is 4.31 Å². The summed E-state index contributed by atoms with van der Waals surface area (Å²) in [5, 5.41) is 2.36. The maximum Gasteiger partial charge on any atom is 0.254 e. The largest absolute Gasteiger partial charge is 0.355 e. The number of allylic oxidation sites excluding steroid dienone is 1. The zero-order valence-corrected chi connectivity index (χ0v) is 22.5. The van der Waals surface area contributed by atoms with Crippen molar-refractivity contribution in [1.82, 2.24) is 14.7 Å². The van der Waals surface area contributed by atoms with E-state index in [1.165, 1.54) is 16.4 Å². The Balaban J connectivity index is 0.00000280. The lowest BCUT2D eigenvalue weighted by molar-refractivity contribution is 0.0765. The van der Waals surface area contributed by atoms with Gasteiger partial charge in [-0.25, -0.2) is 0 Å². The van der Waals surface area contributed by atoms with Crippen LogP contribution in [0.1, 0.15) is 22.3 Å². The summed E-state index contributed by atoms with van der Waals surface area (Å²) in [6, 6.07) is 29.6. The van der Waals surface area contributed by atoms with Gasteiger partial charge < -0.3 is 9.80 Å². The maximum absolute atomic E-state index is 12.6. The van der Waals surface area contributed by atoms with E-state index in [0.717, 1.165) is 63.4 Å². The molecule has 1 amide bonds. The smallest absolute Gasteiger partial charge is 0.254 e. The van der Waals surface area contributed by atoms with Crippen molar-refractivity contribution in [3.8, 4) is 0 Å². The molecule has 6 rings (SSSR count). The van der Waals surface area contributed by atoms with Crippen molar-refractivity contribution in [3.63, 3.8) is 0 Å². The Kier molecular flexibility index (Phi) is 7.99. The third kappa shape index (κ3) is 5.33. The molecule has 3 aliphatic rings. The predicted octanol–water partition coefficient (Wildman–Crippen LogP) is 5.48. The molecule has 0 bridgehead atoms. The van der Waals surface area contributed by atoms with E-state index < -0.39 is 0 Å². The van der Waals surface area contributed by atoms with Gasteiger partial charge in [-0.05, 0) is 60.3 Å². The minimum Gasteiger partial charge on any atom is -0.355 e. The topological polar surface area (TPSA) is 30.0 Å². The maximum atomic E-state index is 12.6. The van der Waals surface area contributed by atoms with E-state index >= 15 is 0 Å². The first-order chi connectivity index (χ1) is 17.8. The van der Waals surface area contributed by atoms with E-state index in [1.807, 2.05) is 23.1 Å². The lowest BCUT2D eigenvalue weighted by atomic mass is 10.1. The van der Waals surface area contributed by atoms with Gasteiger partial charge in [0, 0.05) is 49.7 Å². The number of hydrogen-bond donors (Lipinski definition) is 0. The summed E-state index contributed by atoms with van der Waals surface area (Å²) >= 11 is 0. The van der Waals surface area contributed by atoms with Crippen molar-refractivity contribution >= 4 is 40.0 Å². The predicted molar refractivity (Wildman–Crippen MR) is 156 cm³/mol. The second kappa shape index (κ2) is 11.5. The fraction of sp³-hybridized carbons (Fsp3) is 0.267. The van der Waals surface area contributed by atoms with Crippen LogP contribution in [-0.2, 0) is 6.54 Å². The van der Waals surface area contributed by atoms with Crippen LogP contribution in [0.25, 0.3) is 0 Å². The number of anilines is 1. The minimum atomic E-state index is -0.124. The summed E-state index contributed by atoms with van der Waals surface area (Å²) in [7, 11) is -0.124. The summed E-state index contributed by atoms with van der Waals surface area (Å²) in [6.07, 6.45) is 3.33. The SMILES string of the molecule is Cl.O=C1c2ccccc2CN1CCCN1CCN(C2=CC=S(c3ccccc3)N2c2ccccc2)CC1. The molecule has 3 aliphatic heterocycles. The Bertz CT molecular complexity index is 1290. The number of carbonyl (C=O) groups is 1. The molecule has 1 fully saturated rings. The van der Waals surface area contributed by atoms with Gasteiger partial charge in [-0.2, -0.15) is 0 Å². The molecule has 0 radical (unpaired) electrons. The van der Waals surface area contributed by atoms with Crippen molar-refractivity contribution in [2.75, 3.05) is 43.6 Å². The van der Waals surface area contributed by atoms with Crippen LogP contribution in [0, 0.1) is 0 Å². The van der Waals surface area contributed by atoms with Gasteiger partial charge in [-0.15, -0.1) is 12.4 Å². The number of amides is 1. The van der Waals surface area contributed by atoms with Gasteiger partial charge in [0.25, 0.3) is 5.91 Å². The Morgan fingerprint density at radius 2 is 1.43 bits per heavy atom. The van der Waals surface area contributed by atoms with E-state index in [0.29, 0.717) is 0 Å². The Labute approximate surface area is 228 Å². The first-order valence-electron chi connectivity index (χ1n) is 12.8. The number of hydrogen-bond acceptors (Lipinski definition) is 4. The molecule has 0 aromatic heterocycles. The first-order valence-corrected chi connectivity index (χ1v) is 14.1. The van der Waals surface area contributed by atoms with Gasteiger partial charge in [0.1, 0.15) is 5.82 Å². The highest BCUT2D eigenvalue weighted by Crippen LogP contribution is 2.42. The van der Waals surface area contributed by atoms with Crippen LogP contribution in [-0.4, -0.2) is 65.2 Å². The molecule has 5 nitrogen and oxygen atoms in total. The lowest BCUT2D eigenvalue weighted by Gasteiger charge is -2.40. The highest BCUT2D eigenvalue weighted by atomic mass is 35.5. The normalized spacial score (nSPS) is 19.4. The molecule has 0 N–H and O–H groups in total. The van der Waals surface area contributed by atoms with Gasteiger partial charge in [0.05, 0.1) is 5.69 Å². The number of benzene rings is 3. The standard InChI is InChI=1S/C30H32N4OS.ClH/c35-30-28-15-8-7-10-25(28)24-33(30)18-9-17-31-19-21-32(22-20-31)29-16-23-36(27-13-5-2-6-14-27)34(29)26-11-3-1-4-12-26;/h1-8,10-16,23H,9,17-22,24H2;1H. The number of fused-ring (bicyclic) bond motifs is 1. The number of carbonyl (C=O) groups excluding carboxylic acids is 1. The van der Waals surface area contributed by atoms with Crippen LogP contribution >= 0.6 is 23.1 Å². The fourth-order valence-electron chi connectivity index (χ4n) is 5.32. The average Bonchev–Trinajstić information content (AvgIpc) is 3.52. The monoisotopic (exact) mass is 532 g/mol. The second-order valence-corrected chi connectivity index (χ2v) is 11.2. The molecule has 3 aromatic rings.